The SMILES string of the molecule is O=C(Nc1cc(-c2ccc(Cl)cc2C(=O)N2CC(F)(F)C2)cc(C2CC2)n1)c1cc(CNCC2CC2)cn(C2CC2)c1=O. The van der Waals surface area contributed by atoms with Crippen molar-refractivity contribution in [1.82, 2.24) is 19.8 Å². The van der Waals surface area contributed by atoms with E-state index in [1.807, 2.05) is 12.3 Å². The van der Waals surface area contributed by atoms with Gasteiger partial charge in [-0.3, -0.25) is 14.4 Å². The lowest BCUT2D eigenvalue weighted by Crippen LogP contribution is -2.58. The normalized spacial score (nSPS) is 19.2. The number of rotatable bonds is 10. The zero-order chi connectivity index (χ0) is 29.9. The summed E-state index contributed by atoms with van der Waals surface area (Å²) in [6, 6.07) is 10.1. The van der Waals surface area contributed by atoms with Crippen LogP contribution in [0, 0.1) is 5.92 Å². The lowest BCUT2D eigenvalue weighted by molar-refractivity contribution is -0.113. The average molecular weight is 608 g/mol. The molecule has 1 aromatic carbocycles. The van der Waals surface area contributed by atoms with E-state index in [-0.39, 0.29) is 34.5 Å². The number of benzene rings is 1. The van der Waals surface area contributed by atoms with Gasteiger partial charge >= 0.3 is 0 Å². The van der Waals surface area contributed by atoms with E-state index in [4.69, 9.17) is 11.6 Å². The van der Waals surface area contributed by atoms with Crippen molar-refractivity contribution in [2.24, 2.45) is 5.92 Å². The maximum atomic E-state index is 13.6. The second-order valence-electron chi connectivity index (χ2n) is 12.4. The Morgan fingerprint density at radius 1 is 1.00 bits per heavy atom. The molecule has 8 nitrogen and oxygen atoms in total. The van der Waals surface area contributed by atoms with Crippen molar-refractivity contribution in [3.05, 3.63) is 80.4 Å². The van der Waals surface area contributed by atoms with Gasteiger partial charge in [-0.1, -0.05) is 17.7 Å². The third kappa shape index (κ3) is 6.21. The van der Waals surface area contributed by atoms with Crippen LogP contribution in [0.4, 0.5) is 14.6 Å². The number of halogens is 3. The number of aromatic nitrogens is 2. The molecule has 0 radical (unpaired) electrons. The lowest BCUT2D eigenvalue weighted by atomic mass is 9.96. The Morgan fingerprint density at radius 2 is 1.77 bits per heavy atom. The van der Waals surface area contributed by atoms with Gasteiger partial charge in [-0.15, -0.1) is 0 Å². The van der Waals surface area contributed by atoms with Crippen LogP contribution in [-0.4, -0.2) is 51.8 Å². The van der Waals surface area contributed by atoms with Gasteiger partial charge in [0.05, 0.1) is 13.1 Å². The number of pyridine rings is 2. The van der Waals surface area contributed by atoms with Crippen LogP contribution in [0.5, 0.6) is 0 Å². The first-order valence-corrected chi connectivity index (χ1v) is 15.3. The van der Waals surface area contributed by atoms with Crippen molar-refractivity contribution in [3.8, 4) is 11.1 Å². The largest absolute Gasteiger partial charge is 0.326 e. The van der Waals surface area contributed by atoms with Crippen LogP contribution in [0.15, 0.2) is 47.4 Å². The number of nitrogens with zero attached hydrogens (tertiary/aromatic N) is 3. The summed E-state index contributed by atoms with van der Waals surface area (Å²) in [5, 5.41) is 6.59. The van der Waals surface area contributed by atoms with Crippen LogP contribution in [0.1, 0.15) is 82.5 Å². The highest BCUT2D eigenvalue weighted by Crippen LogP contribution is 2.42. The summed E-state index contributed by atoms with van der Waals surface area (Å²) < 4.78 is 28.8. The van der Waals surface area contributed by atoms with E-state index in [1.54, 1.807) is 28.8 Å². The van der Waals surface area contributed by atoms with Crippen LogP contribution >= 0.6 is 11.6 Å². The minimum Gasteiger partial charge on any atom is -0.326 e. The van der Waals surface area contributed by atoms with Gasteiger partial charge in [-0.05, 0) is 98.0 Å². The minimum atomic E-state index is -2.90. The van der Waals surface area contributed by atoms with E-state index >= 15 is 0 Å². The van der Waals surface area contributed by atoms with Crippen molar-refractivity contribution >= 4 is 29.2 Å². The maximum Gasteiger partial charge on any atom is 0.282 e. The summed E-state index contributed by atoms with van der Waals surface area (Å²) >= 11 is 6.22. The second-order valence-corrected chi connectivity index (χ2v) is 12.8. The summed E-state index contributed by atoms with van der Waals surface area (Å²) in [5.41, 5.74) is 2.66. The van der Waals surface area contributed by atoms with E-state index in [2.05, 4.69) is 15.6 Å². The molecule has 0 spiro atoms. The molecule has 2 aromatic heterocycles. The van der Waals surface area contributed by atoms with Gasteiger partial charge in [0.2, 0.25) is 0 Å². The van der Waals surface area contributed by atoms with E-state index in [0.29, 0.717) is 28.6 Å². The molecule has 11 heteroatoms. The number of hydrogen-bond acceptors (Lipinski definition) is 5. The van der Waals surface area contributed by atoms with E-state index in [1.165, 1.54) is 18.9 Å². The number of carbonyl (C=O) groups excluding carboxylic acids is 2. The van der Waals surface area contributed by atoms with Crippen LogP contribution in [0.25, 0.3) is 11.1 Å². The first kappa shape index (κ1) is 28.2. The highest BCUT2D eigenvalue weighted by atomic mass is 35.5. The highest BCUT2D eigenvalue weighted by Gasteiger charge is 2.46. The number of alkyl halides is 2. The van der Waals surface area contributed by atoms with Crippen LogP contribution in [0.2, 0.25) is 5.02 Å². The molecule has 1 saturated heterocycles. The first-order valence-electron chi connectivity index (χ1n) is 14.9. The molecule has 0 atom stereocenters. The van der Waals surface area contributed by atoms with Crippen LogP contribution < -0.4 is 16.2 Å². The van der Waals surface area contributed by atoms with Gasteiger partial charge in [0.1, 0.15) is 11.4 Å². The number of nitrogens with one attached hydrogen (secondary N) is 2. The fourth-order valence-corrected chi connectivity index (χ4v) is 5.77. The van der Waals surface area contributed by atoms with E-state index < -0.39 is 30.8 Å². The fourth-order valence-electron chi connectivity index (χ4n) is 5.60. The summed E-state index contributed by atoms with van der Waals surface area (Å²) in [6.45, 7) is 0.201. The lowest BCUT2D eigenvalue weighted by Gasteiger charge is -2.39. The number of carbonyl (C=O) groups is 2. The average Bonchev–Trinajstić information content (AvgIpc) is 3.80. The zero-order valence-corrected chi connectivity index (χ0v) is 24.3. The molecule has 3 saturated carbocycles. The van der Waals surface area contributed by atoms with Gasteiger partial charge in [0.25, 0.3) is 23.3 Å². The molecule has 3 aliphatic carbocycles. The van der Waals surface area contributed by atoms with Gasteiger partial charge in [0, 0.05) is 41.0 Å². The molecule has 43 heavy (non-hydrogen) atoms. The number of anilines is 1. The Hall–Kier alpha value is -3.63. The molecular weight excluding hydrogens is 576 g/mol. The highest BCUT2D eigenvalue weighted by molar-refractivity contribution is 6.31. The molecule has 0 unspecified atom stereocenters. The Labute approximate surface area is 252 Å². The Kier molecular flexibility index (Phi) is 7.09. The monoisotopic (exact) mass is 607 g/mol. The standard InChI is InChI=1S/C32H32ClF2N5O3/c33-22-5-8-24(25(12-22)30(42)39-16-32(34,35)17-39)21-10-27(20-3-4-20)37-28(11-21)38-29(41)26-9-19(14-36-13-18-1-2-18)15-40(31(26)43)23-6-7-23/h5,8-12,15,18,20,23,36H,1-4,6-7,13-14,16-17H2,(H,37,38,41). The van der Waals surface area contributed by atoms with Gasteiger partial charge in [0.15, 0.2) is 0 Å². The molecule has 2 amide bonds. The topological polar surface area (TPSA) is 96.3 Å². The summed E-state index contributed by atoms with van der Waals surface area (Å²) in [7, 11) is 0. The van der Waals surface area contributed by atoms with E-state index in [9.17, 15) is 23.2 Å². The van der Waals surface area contributed by atoms with Crippen LogP contribution in [-0.2, 0) is 6.54 Å². The first-order chi connectivity index (χ1) is 20.6. The predicted molar refractivity (Wildman–Crippen MR) is 159 cm³/mol. The van der Waals surface area contributed by atoms with Crippen LogP contribution in [0.3, 0.4) is 0 Å². The fraction of sp³-hybridized carbons (Fsp3) is 0.438. The minimum absolute atomic E-state index is 0.0545. The van der Waals surface area contributed by atoms with Gasteiger partial charge in [-0.2, -0.15) is 0 Å². The quantitative estimate of drug-likeness (QED) is 0.312. The third-order valence-corrected chi connectivity index (χ3v) is 8.72. The molecule has 4 aliphatic rings. The van der Waals surface area contributed by atoms with Crippen molar-refractivity contribution in [2.45, 2.75) is 63.0 Å². The van der Waals surface area contributed by atoms with Crippen molar-refractivity contribution < 1.29 is 18.4 Å². The number of likely N-dealkylation sites (tertiary alicyclic amines) is 1. The molecule has 7 rings (SSSR count). The molecular formula is C32H32ClF2N5O3. The van der Waals surface area contributed by atoms with Gasteiger partial charge in [-0.25, -0.2) is 13.8 Å². The predicted octanol–water partition coefficient (Wildman–Crippen LogP) is 5.62. The number of hydrogen-bond donors (Lipinski definition) is 2. The Bertz CT molecular complexity index is 1670. The van der Waals surface area contributed by atoms with Gasteiger partial charge < -0.3 is 20.1 Å². The molecule has 3 heterocycles. The van der Waals surface area contributed by atoms with Crippen molar-refractivity contribution in [3.63, 3.8) is 0 Å². The molecule has 1 aliphatic heterocycles. The summed E-state index contributed by atoms with van der Waals surface area (Å²) in [4.78, 5) is 46.0. The van der Waals surface area contributed by atoms with Crippen molar-refractivity contribution in [1.29, 1.82) is 0 Å². The third-order valence-electron chi connectivity index (χ3n) is 8.48. The molecule has 224 valence electrons. The Morgan fingerprint density at radius 3 is 2.44 bits per heavy atom. The summed E-state index contributed by atoms with van der Waals surface area (Å²) in [5.74, 6) is -2.81. The van der Waals surface area contributed by atoms with E-state index in [0.717, 1.165) is 48.4 Å². The maximum absolute atomic E-state index is 13.6. The Balaban J connectivity index is 1.20. The zero-order valence-electron chi connectivity index (χ0n) is 23.5. The molecule has 3 aromatic rings. The second kappa shape index (κ2) is 10.8. The number of amides is 2. The van der Waals surface area contributed by atoms with Crippen molar-refractivity contribution in [2.75, 3.05) is 25.0 Å². The molecule has 0 bridgehead atoms. The summed E-state index contributed by atoms with van der Waals surface area (Å²) in [6.07, 6.45) is 8.03. The molecule has 2 N–H and O–H groups in total. The smallest absolute Gasteiger partial charge is 0.282 e. The molecule has 4 fully saturated rings.